The van der Waals surface area contributed by atoms with Crippen LogP contribution in [0.15, 0.2) is 23.8 Å². The Labute approximate surface area is 121 Å². The van der Waals surface area contributed by atoms with Crippen molar-refractivity contribution in [1.29, 1.82) is 0 Å². The quantitative estimate of drug-likeness (QED) is 0.828. The molecule has 1 amide bonds. The van der Waals surface area contributed by atoms with E-state index in [1.807, 2.05) is 6.92 Å². The Morgan fingerprint density at radius 3 is 3.00 bits per heavy atom. The van der Waals surface area contributed by atoms with Gasteiger partial charge in [-0.1, -0.05) is 11.8 Å². The number of carbonyl (C=O) groups excluding carboxylic acids is 1. The van der Waals surface area contributed by atoms with Crippen molar-refractivity contribution in [3.8, 4) is 11.8 Å². The summed E-state index contributed by atoms with van der Waals surface area (Å²) in [7, 11) is 0. The Bertz CT molecular complexity index is 652. The molecule has 102 valence electrons. The molecule has 2 heterocycles. The Morgan fingerprint density at radius 1 is 1.45 bits per heavy atom. The third-order valence-electron chi connectivity index (χ3n) is 2.44. The minimum absolute atomic E-state index is 0.149. The van der Waals surface area contributed by atoms with Gasteiger partial charge in [-0.05, 0) is 13.0 Å². The lowest BCUT2D eigenvalue weighted by molar-refractivity contribution is 0.0951. The van der Waals surface area contributed by atoms with Crippen LogP contribution in [0.25, 0.3) is 0 Å². The molecule has 0 bridgehead atoms. The third kappa shape index (κ3) is 3.88. The van der Waals surface area contributed by atoms with Crippen LogP contribution in [0.4, 0.5) is 0 Å². The predicted octanol–water partition coefficient (Wildman–Crippen LogP) is 1.09. The summed E-state index contributed by atoms with van der Waals surface area (Å²) < 4.78 is 0. The van der Waals surface area contributed by atoms with E-state index in [1.54, 1.807) is 23.8 Å². The Hall–Kier alpha value is -2.23. The summed E-state index contributed by atoms with van der Waals surface area (Å²) in [4.78, 5) is 21.1. The molecule has 0 aromatic carbocycles. The van der Waals surface area contributed by atoms with Gasteiger partial charge >= 0.3 is 0 Å². The monoisotopic (exact) mass is 286 g/mol. The van der Waals surface area contributed by atoms with Crippen LogP contribution >= 0.6 is 11.3 Å². The van der Waals surface area contributed by atoms with E-state index in [-0.39, 0.29) is 5.91 Å². The summed E-state index contributed by atoms with van der Waals surface area (Å²) in [6, 6.07) is 1.75. The zero-order chi connectivity index (χ0) is 14.4. The number of hydrogen-bond acceptors (Lipinski definition) is 5. The number of nitrogens with two attached hydrogens (primary N) is 1. The van der Waals surface area contributed by atoms with Gasteiger partial charge in [0.05, 0.1) is 41.1 Å². The molecule has 2 aromatic heterocycles. The van der Waals surface area contributed by atoms with E-state index in [2.05, 4.69) is 27.1 Å². The maximum Gasteiger partial charge on any atom is 0.252 e. The molecule has 0 unspecified atom stereocenters. The molecule has 0 spiro atoms. The Kier molecular flexibility index (Phi) is 4.82. The molecule has 0 radical (unpaired) electrons. The van der Waals surface area contributed by atoms with Crippen molar-refractivity contribution in [1.82, 2.24) is 15.3 Å². The maximum atomic E-state index is 11.9. The van der Waals surface area contributed by atoms with Gasteiger partial charge in [0.2, 0.25) is 0 Å². The van der Waals surface area contributed by atoms with Crippen molar-refractivity contribution in [2.45, 2.75) is 13.5 Å². The average Bonchev–Trinajstić information content (AvgIpc) is 2.93. The number of nitrogens with zero attached hydrogens (tertiary/aromatic N) is 2. The molecule has 3 N–H and O–H groups in total. The number of aryl methyl sites for hydroxylation is 1. The largest absolute Gasteiger partial charge is 0.346 e. The fourth-order valence-corrected chi connectivity index (χ4v) is 2.20. The highest BCUT2D eigenvalue weighted by atomic mass is 32.1. The molecule has 20 heavy (non-hydrogen) atoms. The van der Waals surface area contributed by atoms with Gasteiger partial charge in [0.15, 0.2) is 0 Å². The van der Waals surface area contributed by atoms with Gasteiger partial charge in [-0.15, -0.1) is 11.3 Å². The Balaban J connectivity index is 1.94. The smallest absolute Gasteiger partial charge is 0.252 e. The number of hydrogen-bond donors (Lipinski definition) is 2. The molecular formula is C14H14N4OS. The molecule has 0 aliphatic rings. The Morgan fingerprint density at radius 2 is 2.30 bits per heavy atom. The summed E-state index contributed by atoms with van der Waals surface area (Å²) in [5.41, 5.74) is 7.47. The van der Waals surface area contributed by atoms with Crippen LogP contribution in [0.3, 0.4) is 0 Å². The zero-order valence-corrected chi connectivity index (χ0v) is 11.8. The van der Waals surface area contributed by atoms with Crippen molar-refractivity contribution in [3.05, 3.63) is 45.7 Å². The van der Waals surface area contributed by atoms with Crippen LogP contribution in [0, 0.1) is 18.8 Å². The van der Waals surface area contributed by atoms with Gasteiger partial charge < -0.3 is 11.1 Å². The van der Waals surface area contributed by atoms with E-state index >= 15 is 0 Å². The van der Waals surface area contributed by atoms with Crippen LogP contribution in [-0.2, 0) is 6.54 Å². The number of nitrogens with one attached hydrogen (secondary N) is 1. The number of rotatable bonds is 3. The number of amides is 1. The minimum Gasteiger partial charge on any atom is -0.346 e. The van der Waals surface area contributed by atoms with Crippen LogP contribution in [0.5, 0.6) is 0 Å². The maximum absolute atomic E-state index is 11.9. The topological polar surface area (TPSA) is 80.9 Å². The van der Waals surface area contributed by atoms with Crippen molar-refractivity contribution in [2.75, 3.05) is 6.54 Å². The highest BCUT2D eigenvalue weighted by Gasteiger charge is 2.08. The van der Waals surface area contributed by atoms with Crippen molar-refractivity contribution < 1.29 is 4.79 Å². The molecule has 0 aliphatic heterocycles. The van der Waals surface area contributed by atoms with Crippen molar-refractivity contribution in [2.24, 2.45) is 5.73 Å². The minimum atomic E-state index is -0.149. The van der Waals surface area contributed by atoms with Gasteiger partial charge in [-0.25, -0.2) is 0 Å². The number of carbonyl (C=O) groups is 1. The standard InChI is InChI=1S/C14H14N4OS/c1-10-6-17-12(7-16-10)8-18-14(19)11-5-13(20-9-11)3-2-4-15/h5-7,9H,4,8,15H2,1H3,(H,18,19). The molecule has 2 rings (SSSR count). The predicted molar refractivity (Wildman–Crippen MR) is 78.2 cm³/mol. The first kappa shape index (κ1) is 14.2. The van der Waals surface area contributed by atoms with Gasteiger partial charge in [-0.2, -0.15) is 0 Å². The van der Waals surface area contributed by atoms with E-state index in [0.717, 1.165) is 16.3 Å². The molecule has 0 atom stereocenters. The highest BCUT2D eigenvalue weighted by molar-refractivity contribution is 7.10. The second-order valence-corrected chi connectivity index (χ2v) is 4.95. The fraction of sp³-hybridized carbons (Fsp3) is 0.214. The average molecular weight is 286 g/mol. The normalized spacial score (nSPS) is 9.70. The highest BCUT2D eigenvalue weighted by Crippen LogP contribution is 2.13. The van der Waals surface area contributed by atoms with Crippen LogP contribution in [0.2, 0.25) is 0 Å². The van der Waals surface area contributed by atoms with Gasteiger partial charge in [0, 0.05) is 11.6 Å². The van der Waals surface area contributed by atoms with E-state index in [4.69, 9.17) is 5.73 Å². The van der Waals surface area contributed by atoms with Crippen LogP contribution < -0.4 is 11.1 Å². The number of aromatic nitrogens is 2. The summed E-state index contributed by atoms with van der Waals surface area (Å²) in [6.07, 6.45) is 3.33. The molecule has 0 aliphatic carbocycles. The van der Waals surface area contributed by atoms with Gasteiger partial charge in [0.1, 0.15) is 0 Å². The van der Waals surface area contributed by atoms with Crippen LogP contribution in [0.1, 0.15) is 26.6 Å². The molecule has 5 nitrogen and oxygen atoms in total. The van der Waals surface area contributed by atoms with Crippen molar-refractivity contribution in [3.63, 3.8) is 0 Å². The SMILES string of the molecule is Cc1cnc(CNC(=O)c2csc(C#CCN)c2)cn1. The second-order valence-electron chi connectivity index (χ2n) is 4.04. The summed E-state index contributed by atoms with van der Waals surface area (Å²) in [6.45, 7) is 2.53. The van der Waals surface area contributed by atoms with E-state index in [0.29, 0.717) is 18.7 Å². The molecule has 0 saturated carbocycles. The first-order chi connectivity index (χ1) is 9.69. The fourth-order valence-electron chi connectivity index (χ4n) is 1.44. The first-order valence-corrected chi connectivity index (χ1v) is 6.90. The first-order valence-electron chi connectivity index (χ1n) is 6.02. The molecule has 6 heteroatoms. The number of thiophene rings is 1. The lowest BCUT2D eigenvalue weighted by atomic mass is 10.3. The van der Waals surface area contributed by atoms with Crippen LogP contribution in [-0.4, -0.2) is 22.4 Å². The molecule has 0 fully saturated rings. The van der Waals surface area contributed by atoms with Crippen molar-refractivity contribution >= 4 is 17.2 Å². The third-order valence-corrected chi connectivity index (χ3v) is 3.29. The van der Waals surface area contributed by atoms with Gasteiger partial charge in [0.25, 0.3) is 5.91 Å². The molecular weight excluding hydrogens is 272 g/mol. The van der Waals surface area contributed by atoms with E-state index in [1.165, 1.54) is 11.3 Å². The summed E-state index contributed by atoms with van der Waals surface area (Å²) in [5.74, 6) is 5.51. The lowest BCUT2D eigenvalue weighted by Gasteiger charge is -2.02. The van der Waals surface area contributed by atoms with Gasteiger partial charge in [-0.3, -0.25) is 14.8 Å². The van der Waals surface area contributed by atoms with E-state index in [9.17, 15) is 4.79 Å². The summed E-state index contributed by atoms with van der Waals surface area (Å²) in [5, 5.41) is 4.57. The van der Waals surface area contributed by atoms with E-state index < -0.39 is 0 Å². The molecule has 0 saturated heterocycles. The zero-order valence-electron chi connectivity index (χ0n) is 11.0. The second kappa shape index (κ2) is 6.80. The lowest BCUT2D eigenvalue weighted by Crippen LogP contribution is -2.22. The molecule has 2 aromatic rings. The summed E-state index contributed by atoms with van der Waals surface area (Å²) >= 11 is 1.42.